The fourth-order valence-electron chi connectivity index (χ4n) is 7.61. The number of aryl methyl sites for hydroxylation is 2. The molecule has 0 saturated carbocycles. The van der Waals surface area contributed by atoms with Crippen LogP contribution in [0.2, 0.25) is 0 Å². The molecule has 0 aliphatic carbocycles. The summed E-state index contributed by atoms with van der Waals surface area (Å²) in [4.78, 5) is 18.6. The first-order valence-corrected chi connectivity index (χ1v) is 18.1. The van der Waals surface area contributed by atoms with E-state index in [1.165, 1.54) is 0 Å². The van der Waals surface area contributed by atoms with Crippen molar-refractivity contribution in [2.75, 3.05) is 5.32 Å². The zero-order valence-corrected chi connectivity index (χ0v) is 29.3. The second-order valence-electron chi connectivity index (χ2n) is 13.8. The highest BCUT2D eigenvalue weighted by Gasteiger charge is 2.21. The molecule has 0 amide bonds. The highest BCUT2D eigenvalue weighted by molar-refractivity contribution is 5.97. The standard InChI is InChI=1S/C47H39N5/c1-30(2)48-35-20-18-34(19-21-35)47-42-28-26-40(51-42)45(32-14-8-4-9-15-32)38-24-22-36(49-38)44(31-12-6-3-7-13-31)37-23-25-39(50-37)46(33-16-10-5-11-17-33)41-27-29-43(47)52-41/h3-22,24,26-30,48-49,52H,23,25H2,1-2H3. The first-order valence-electron chi connectivity index (χ1n) is 18.1. The monoisotopic (exact) mass is 673 g/mol. The van der Waals surface area contributed by atoms with Gasteiger partial charge < -0.3 is 15.3 Å². The summed E-state index contributed by atoms with van der Waals surface area (Å²) >= 11 is 0. The molecule has 5 nitrogen and oxygen atoms in total. The van der Waals surface area contributed by atoms with Gasteiger partial charge in [-0.25, -0.2) is 4.98 Å². The molecule has 5 heterocycles. The van der Waals surface area contributed by atoms with Crippen LogP contribution in [0.15, 0.2) is 140 Å². The first-order chi connectivity index (χ1) is 25.6. The maximum atomic E-state index is 5.49. The number of H-pyrrole nitrogens is 2. The summed E-state index contributed by atoms with van der Waals surface area (Å²) in [6.45, 7) is 4.32. The highest BCUT2D eigenvalue weighted by Crippen LogP contribution is 2.38. The molecule has 252 valence electrons. The number of anilines is 1. The lowest BCUT2D eigenvalue weighted by Crippen LogP contribution is -2.09. The quantitative estimate of drug-likeness (QED) is 0.165. The molecule has 0 saturated heterocycles. The van der Waals surface area contributed by atoms with Crippen molar-refractivity contribution in [3.05, 3.63) is 162 Å². The van der Waals surface area contributed by atoms with Gasteiger partial charge >= 0.3 is 0 Å². The lowest BCUT2D eigenvalue weighted by Gasteiger charge is -2.11. The van der Waals surface area contributed by atoms with Crippen LogP contribution in [0.5, 0.6) is 0 Å². The van der Waals surface area contributed by atoms with Gasteiger partial charge in [0.15, 0.2) is 0 Å². The molecule has 0 radical (unpaired) electrons. The maximum Gasteiger partial charge on any atom is 0.0737 e. The van der Waals surface area contributed by atoms with E-state index in [0.717, 1.165) is 108 Å². The molecule has 0 atom stereocenters. The molecule has 0 spiro atoms. The van der Waals surface area contributed by atoms with Crippen molar-refractivity contribution >= 4 is 39.9 Å². The smallest absolute Gasteiger partial charge is 0.0737 e. The van der Waals surface area contributed by atoms with Crippen LogP contribution in [0.25, 0.3) is 78.7 Å². The number of aromatic nitrogens is 4. The van der Waals surface area contributed by atoms with E-state index in [1.807, 2.05) is 0 Å². The van der Waals surface area contributed by atoms with Crippen LogP contribution in [0.1, 0.15) is 36.6 Å². The van der Waals surface area contributed by atoms with E-state index in [2.05, 4.69) is 181 Å². The SMILES string of the molecule is CC(C)Nc1ccc(-c2c3nc(c(-c4ccccc4)c4ccc([nH]4)c(-c4ccccc4)c4nc(c(-c5ccccc5)c5ccc2[nH]5)CC4)C=C3)cc1. The van der Waals surface area contributed by atoms with E-state index < -0.39 is 0 Å². The molecule has 7 aromatic rings. The van der Waals surface area contributed by atoms with E-state index in [1.54, 1.807) is 0 Å². The lowest BCUT2D eigenvalue weighted by molar-refractivity contribution is 0.900. The number of benzene rings is 4. The van der Waals surface area contributed by atoms with Gasteiger partial charge in [-0.05, 0) is 97.5 Å². The third-order valence-electron chi connectivity index (χ3n) is 9.86. The Labute approximate surface area is 303 Å². The second kappa shape index (κ2) is 13.3. The Balaban J connectivity index is 1.43. The molecule has 52 heavy (non-hydrogen) atoms. The number of aromatic amines is 2. The summed E-state index contributed by atoms with van der Waals surface area (Å²) in [5, 5.41) is 3.53. The lowest BCUT2D eigenvalue weighted by atomic mass is 10.0. The molecule has 9 rings (SSSR count). The van der Waals surface area contributed by atoms with Gasteiger partial charge in [0.2, 0.25) is 0 Å². The molecule has 2 aliphatic rings. The van der Waals surface area contributed by atoms with Crippen LogP contribution in [-0.4, -0.2) is 26.0 Å². The Bertz CT molecular complexity index is 2600. The zero-order chi connectivity index (χ0) is 35.0. The highest BCUT2D eigenvalue weighted by atomic mass is 14.9. The molecule has 5 heteroatoms. The molecule has 3 N–H and O–H groups in total. The molecule has 8 bridgehead atoms. The van der Waals surface area contributed by atoms with Crippen molar-refractivity contribution in [3.63, 3.8) is 0 Å². The minimum Gasteiger partial charge on any atom is -0.383 e. The van der Waals surface area contributed by atoms with Crippen molar-refractivity contribution < 1.29 is 0 Å². The third-order valence-corrected chi connectivity index (χ3v) is 9.86. The molecular weight excluding hydrogens is 635 g/mol. The molecule has 4 aromatic carbocycles. The van der Waals surface area contributed by atoms with Crippen LogP contribution in [0, 0.1) is 0 Å². The molecule has 2 aliphatic heterocycles. The summed E-state index contributed by atoms with van der Waals surface area (Å²) in [5.74, 6) is 0. The Hall–Kier alpha value is -6.46. The van der Waals surface area contributed by atoms with Crippen molar-refractivity contribution in [2.24, 2.45) is 0 Å². The van der Waals surface area contributed by atoms with E-state index in [4.69, 9.17) is 9.97 Å². The summed E-state index contributed by atoms with van der Waals surface area (Å²) in [7, 11) is 0. The summed E-state index contributed by atoms with van der Waals surface area (Å²) in [6, 6.07) is 49.7. The average molecular weight is 674 g/mol. The average Bonchev–Trinajstić information content (AvgIpc) is 4.01. The number of nitrogens with zero attached hydrogens (tertiary/aromatic N) is 2. The minimum absolute atomic E-state index is 0.344. The predicted molar refractivity (Wildman–Crippen MR) is 218 cm³/mol. The van der Waals surface area contributed by atoms with Crippen LogP contribution < -0.4 is 5.32 Å². The third kappa shape index (κ3) is 5.90. The number of fused-ring (bicyclic) bond motifs is 8. The normalized spacial score (nSPS) is 12.4. The number of rotatable bonds is 6. The summed E-state index contributed by atoms with van der Waals surface area (Å²) < 4.78 is 0. The first kappa shape index (κ1) is 31.5. The van der Waals surface area contributed by atoms with Crippen LogP contribution in [0.3, 0.4) is 0 Å². The van der Waals surface area contributed by atoms with Gasteiger partial charge in [-0.1, -0.05) is 103 Å². The van der Waals surface area contributed by atoms with Gasteiger partial charge in [0.1, 0.15) is 0 Å². The summed E-state index contributed by atoms with van der Waals surface area (Å²) in [6.07, 6.45) is 5.99. The topological polar surface area (TPSA) is 69.4 Å². The fourth-order valence-corrected chi connectivity index (χ4v) is 7.61. The van der Waals surface area contributed by atoms with Crippen LogP contribution >= 0.6 is 0 Å². The van der Waals surface area contributed by atoms with Crippen molar-refractivity contribution in [1.82, 2.24) is 19.9 Å². The molecular formula is C47H39N5. The van der Waals surface area contributed by atoms with Crippen LogP contribution in [-0.2, 0) is 12.8 Å². The maximum absolute atomic E-state index is 5.49. The Morgan fingerprint density at radius 3 is 1.25 bits per heavy atom. The van der Waals surface area contributed by atoms with Gasteiger partial charge in [-0.15, -0.1) is 0 Å². The van der Waals surface area contributed by atoms with E-state index in [9.17, 15) is 0 Å². The largest absolute Gasteiger partial charge is 0.383 e. The van der Waals surface area contributed by atoms with Gasteiger partial charge in [0.05, 0.1) is 22.8 Å². The molecule has 3 aromatic heterocycles. The zero-order valence-electron chi connectivity index (χ0n) is 29.3. The van der Waals surface area contributed by atoms with Crippen molar-refractivity contribution in [1.29, 1.82) is 0 Å². The van der Waals surface area contributed by atoms with Gasteiger partial charge in [-0.3, -0.25) is 4.98 Å². The number of nitrogens with one attached hydrogen (secondary N) is 3. The van der Waals surface area contributed by atoms with E-state index in [0.29, 0.717) is 6.04 Å². The minimum atomic E-state index is 0.344. The van der Waals surface area contributed by atoms with Crippen LogP contribution in [0.4, 0.5) is 5.69 Å². The number of hydrogen-bond acceptors (Lipinski definition) is 3. The Kier molecular flexibility index (Phi) is 8.09. The van der Waals surface area contributed by atoms with Gasteiger partial charge in [0.25, 0.3) is 0 Å². The van der Waals surface area contributed by atoms with Gasteiger partial charge in [0, 0.05) is 56.0 Å². The Morgan fingerprint density at radius 2 is 0.827 bits per heavy atom. The summed E-state index contributed by atoms with van der Waals surface area (Å²) in [5.41, 5.74) is 18.0. The number of hydrogen-bond donors (Lipinski definition) is 3. The van der Waals surface area contributed by atoms with E-state index >= 15 is 0 Å². The molecule has 0 fully saturated rings. The van der Waals surface area contributed by atoms with Crippen molar-refractivity contribution in [3.8, 4) is 44.5 Å². The van der Waals surface area contributed by atoms with Crippen molar-refractivity contribution in [2.45, 2.75) is 32.7 Å². The van der Waals surface area contributed by atoms with E-state index in [-0.39, 0.29) is 0 Å². The fraction of sp³-hybridized carbons (Fsp3) is 0.106. The predicted octanol–water partition coefficient (Wildman–Crippen LogP) is 11.8. The Morgan fingerprint density at radius 1 is 0.442 bits per heavy atom. The molecule has 0 unspecified atom stereocenters. The van der Waals surface area contributed by atoms with Gasteiger partial charge in [-0.2, -0.15) is 0 Å². The second-order valence-corrected chi connectivity index (χ2v) is 13.8.